The summed E-state index contributed by atoms with van der Waals surface area (Å²) < 4.78 is 1.93. The first-order valence-electron chi connectivity index (χ1n) is 6.85. The molecule has 0 radical (unpaired) electrons. The average Bonchev–Trinajstić information content (AvgIpc) is 2.94. The third-order valence-electron chi connectivity index (χ3n) is 4.14. The molecular formula is C14H22N4S. The summed E-state index contributed by atoms with van der Waals surface area (Å²) in [5.74, 6) is 1.53. The van der Waals surface area contributed by atoms with E-state index in [-0.39, 0.29) is 5.54 Å². The van der Waals surface area contributed by atoms with Crippen LogP contribution in [0.2, 0.25) is 0 Å². The molecule has 2 unspecified atom stereocenters. The molecule has 2 atom stereocenters. The molecule has 104 valence electrons. The van der Waals surface area contributed by atoms with E-state index in [4.69, 9.17) is 0 Å². The standard InChI is InChI=1S/C14H22N4S/c1-11-9-13(18(3)17-11)19-8-6-12-5-4-7-14(12,10-15)16-2/h9,12,16H,4-8H2,1-3H3. The summed E-state index contributed by atoms with van der Waals surface area (Å²) in [5.41, 5.74) is 0.774. The average molecular weight is 278 g/mol. The van der Waals surface area contributed by atoms with Crippen LogP contribution in [0.5, 0.6) is 0 Å². The van der Waals surface area contributed by atoms with E-state index in [9.17, 15) is 5.26 Å². The Bertz CT molecular complexity index is 476. The molecule has 1 fully saturated rings. The van der Waals surface area contributed by atoms with Gasteiger partial charge in [0.15, 0.2) is 0 Å². The smallest absolute Gasteiger partial charge is 0.109 e. The molecule has 0 saturated heterocycles. The van der Waals surface area contributed by atoms with Crippen LogP contribution in [0.3, 0.4) is 0 Å². The van der Waals surface area contributed by atoms with E-state index in [0.717, 1.165) is 30.7 Å². The Balaban J connectivity index is 1.89. The third-order valence-corrected chi connectivity index (χ3v) is 5.26. The van der Waals surface area contributed by atoms with Crippen molar-refractivity contribution >= 4 is 11.8 Å². The highest BCUT2D eigenvalue weighted by Crippen LogP contribution is 2.38. The number of rotatable bonds is 5. The second-order valence-electron chi connectivity index (χ2n) is 5.31. The van der Waals surface area contributed by atoms with Crippen LogP contribution in [0.15, 0.2) is 11.1 Å². The lowest BCUT2D eigenvalue weighted by atomic mass is 9.87. The van der Waals surface area contributed by atoms with Crippen LogP contribution in [0.4, 0.5) is 0 Å². The van der Waals surface area contributed by atoms with E-state index in [1.807, 2.05) is 37.5 Å². The van der Waals surface area contributed by atoms with Crippen LogP contribution >= 0.6 is 11.8 Å². The van der Waals surface area contributed by atoms with E-state index >= 15 is 0 Å². The molecule has 1 aliphatic rings. The van der Waals surface area contributed by atoms with Gasteiger partial charge in [-0.15, -0.1) is 11.8 Å². The van der Waals surface area contributed by atoms with Gasteiger partial charge in [0, 0.05) is 7.05 Å². The van der Waals surface area contributed by atoms with Gasteiger partial charge in [-0.3, -0.25) is 4.68 Å². The Hall–Kier alpha value is -0.990. The topological polar surface area (TPSA) is 53.6 Å². The van der Waals surface area contributed by atoms with Crippen molar-refractivity contribution < 1.29 is 0 Å². The molecule has 1 N–H and O–H groups in total. The first-order valence-corrected chi connectivity index (χ1v) is 7.83. The predicted octanol–water partition coefficient (Wildman–Crippen LogP) is 2.49. The number of aromatic nitrogens is 2. The number of thioether (sulfide) groups is 1. The maximum absolute atomic E-state index is 9.42. The molecule has 0 bridgehead atoms. The van der Waals surface area contributed by atoms with Crippen LogP contribution in [0, 0.1) is 24.2 Å². The lowest BCUT2D eigenvalue weighted by Crippen LogP contribution is -2.44. The Morgan fingerprint density at radius 2 is 2.47 bits per heavy atom. The molecule has 1 aromatic heterocycles. The third kappa shape index (κ3) is 2.96. The minimum atomic E-state index is -0.289. The molecule has 5 heteroatoms. The van der Waals surface area contributed by atoms with Crippen LogP contribution in [-0.4, -0.2) is 28.1 Å². The molecule has 1 aromatic rings. The van der Waals surface area contributed by atoms with Gasteiger partial charge in [-0.2, -0.15) is 10.4 Å². The van der Waals surface area contributed by atoms with Crippen molar-refractivity contribution in [3.63, 3.8) is 0 Å². The summed E-state index contributed by atoms with van der Waals surface area (Å²) in [7, 11) is 3.90. The van der Waals surface area contributed by atoms with Gasteiger partial charge in [-0.25, -0.2) is 0 Å². The number of nitriles is 1. The highest BCUT2D eigenvalue weighted by molar-refractivity contribution is 7.99. The quantitative estimate of drug-likeness (QED) is 0.841. The summed E-state index contributed by atoms with van der Waals surface area (Å²) in [5, 5.41) is 18.2. The molecule has 0 amide bonds. The molecule has 0 spiro atoms. The molecule has 2 rings (SSSR count). The van der Waals surface area contributed by atoms with Crippen LogP contribution in [0.1, 0.15) is 31.4 Å². The number of nitrogens with one attached hydrogen (secondary N) is 1. The first-order chi connectivity index (χ1) is 9.11. The van der Waals surface area contributed by atoms with E-state index < -0.39 is 0 Å². The zero-order valence-electron chi connectivity index (χ0n) is 11.9. The Labute approximate surface area is 119 Å². The van der Waals surface area contributed by atoms with Crippen molar-refractivity contribution in [2.45, 2.75) is 43.2 Å². The first kappa shape index (κ1) is 14.4. The normalized spacial score (nSPS) is 26.5. The van der Waals surface area contributed by atoms with Crippen molar-refractivity contribution in [2.75, 3.05) is 12.8 Å². The number of hydrogen-bond donors (Lipinski definition) is 1. The lowest BCUT2D eigenvalue weighted by Gasteiger charge is -2.28. The van der Waals surface area contributed by atoms with Crippen molar-refractivity contribution in [1.29, 1.82) is 5.26 Å². The van der Waals surface area contributed by atoms with Gasteiger partial charge in [0.05, 0.1) is 16.8 Å². The molecule has 1 saturated carbocycles. The van der Waals surface area contributed by atoms with Crippen LogP contribution in [0.25, 0.3) is 0 Å². The van der Waals surface area contributed by atoms with Crippen LogP contribution in [-0.2, 0) is 7.05 Å². The second kappa shape index (κ2) is 5.98. The van der Waals surface area contributed by atoms with Gasteiger partial charge in [-0.1, -0.05) is 6.42 Å². The van der Waals surface area contributed by atoms with E-state index in [1.54, 1.807) is 0 Å². The van der Waals surface area contributed by atoms with E-state index in [1.165, 1.54) is 11.4 Å². The molecule has 4 nitrogen and oxygen atoms in total. The van der Waals surface area contributed by atoms with Gasteiger partial charge < -0.3 is 5.32 Å². The van der Waals surface area contributed by atoms with Gasteiger partial charge >= 0.3 is 0 Å². The molecule has 19 heavy (non-hydrogen) atoms. The zero-order valence-corrected chi connectivity index (χ0v) is 12.8. The van der Waals surface area contributed by atoms with Gasteiger partial charge in [0.1, 0.15) is 5.54 Å². The van der Waals surface area contributed by atoms with Crippen molar-refractivity contribution in [3.8, 4) is 6.07 Å². The monoisotopic (exact) mass is 278 g/mol. The number of hydrogen-bond acceptors (Lipinski definition) is 4. The van der Waals surface area contributed by atoms with Crippen LogP contribution < -0.4 is 5.32 Å². The summed E-state index contributed by atoms with van der Waals surface area (Å²) >= 11 is 1.84. The highest BCUT2D eigenvalue weighted by Gasteiger charge is 2.41. The van der Waals surface area contributed by atoms with Gasteiger partial charge in [0.25, 0.3) is 0 Å². The van der Waals surface area contributed by atoms with Crippen molar-refractivity contribution in [1.82, 2.24) is 15.1 Å². The summed E-state index contributed by atoms with van der Waals surface area (Å²) in [6.45, 7) is 2.02. The fourth-order valence-electron chi connectivity index (χ4n) is 3.03. The minimum absolute atomic E-state index is 0.289. The number of aryl methyl sites for hydroxylation is 2. The SMILES string of the molecule is CNC1(C#N)CCCC1CCSc1cc(C)nn1C. The molecule has 0 aliphatic heterocycles. The minimum Gasteiger partial charge on any atom is -0.302 e. The van der Waals surface area contributed by atoms with Gasteiger partial charge in [0.2, 0.25) is 0 Å². The largest absolute Gasteiger partial charge is 0.302 e. The maximum atomic E-state index is 9.42. The van der Waals surface area contributed by atoms with Crippen molar-refractivity contribution in [2.24, 2.45) is 13.0 Å². The predicted molar refractivity (Wildman–Crippen MR) is 78.0 cm³/mol. The molecule has 1 aliphatic carbocycles. The van der Waals surface area contributed by atoms with Crippen molar-refractivity contribution in [3.05, 3.63) is 11.8 Å². The van der Waals surface area contributed by atoms with Gasteiger partial charge in [-0.05, 0) is 51.0 Å². The summed E-state index contributed by atoms with van der Waals surface area (Å²) in [4.78, 5) is 0. The maximum Gasteiger partial charge on any atom is 0.109 e. The fourth-order valence-corrected chi connectivity index (χ4v) is 4.12. The summed E-state index contributed by atoms with van der Waals surface area (Å²) in [6, 6.07) is 4.62. The fraction of sp³-hybridized carbons (Fsp3) is 0.714. The second-order valence-corrected chi connectivity index (χ2v) is 6.42. The number of nitrogens with zero attached hydrogens (tertiary/aromatic N) is 3. The Morgan fingerprint density at radius 1 is 1.68 bits per heavy atom. The Kier molecular flexibility index (Phi) is 4.54. The summed E-state index contributed by atoms with van der Waals surface area (Å²) in [6.07, 6.45) is 4.40. The lowest BCUT2D eigenvalue weighted by molar-refractivity contribution is 0.332. The molecule has 1 heterocycles. The van der Waals surface area contributed by atoms with E-state index in [0.29, 0.717) is 5.92 Å². The molecular weight excluding hydrogens is 256 g/mol. The Morgan fingerprint density at radius 3 is 3.05 bits per heavy atom. The van der Waals surface area contributed by atoms with E-state index in [2.05, 4.69) is 22.6 Å². The molecule has 0 aromatic carbocycles. The zero-order chi connectivity index (χ0) is 13.9. The highest BCUT2D eigenvalue weighted by atomic mass is 32.2.